The Morgan fingerprint density at radius 2 is 2.26 bits per heavy atom. The van der Waals surface area contributed by atoms with Crippen LogP contribution in [0.4, 0.5) is 5.69 Å². The largest absolute Gasteiger partial charge is 0.481 e. The fourth-order valence-electron chi connectivity index (χ4n) is 3.19. The van der Waals surface area contributed by atoms with E-state index in [1.54, 1.807) is 13.3 Å². The quantitative estimate of drug-likeness (QED) is 0.589. The van der Waals surface area contributed by atoms with Crippen molar-refractivity contribution in [1.29, 1.82) is 0 Å². The first kappa shape index (κ1) is 19.3. The lowest BCUT2D eigenvalue weighted by atomic mass is 10.2. The van der Waals surface area contributed by atoms with Gasteiger partial charge in [0.05, 0.1) is 13.7 Å². The van der Waals surface area contributed by atoms with Crippen LogP contribution in [-0.2, 0) is 6.54 Å². The topological polar surface area (TPSA) is 61.8 Å². The minimum absolute atomic E-state index is 0.331. The van der Waals surface area contributed by atoms with Gasteiger partial charge in [0.2, 0.25) is 5.88 Å². The number of aliphatic imine (C=N–C) groups is 1. The van der Waals surface area contributed by atoms with Crippen LogP contribution in [0.5, 0.6) is 5.88 Å². The smallest absolute Gasteiger partial charge is 0.218 e. The van der Waals surface area contributed by atoms with Crippen molar-refractivity contribution in [2.45, 2.75) is 25.9 Å². The Hall–Kier alpha value is -2.47. The van der Waals surface area contributed by atoms with E-state index in [1.165, 1.54) is 0 Å². The van der Waals surface area contributed by atoms with Crippen molar-refractivity contribution in [3.05, 3.63) is 53.2 Å². The minimum Gasteiger partial charge on any atom is -0.481 e. The molecule has 0 amide bonds. The van der Waals surface area contributed by atoms with Gasteiger partial charge in [0, 0.05) is 48.1 Å². The Labute approximate surface area is 165 Å². The molecular weight excluding hydrogens is 362 g/mol. The molecule has 2 aromatic rings. The molecule has 1 atom stereocenters. The minimum atomic E-state index is 0.331. The van der Waals surface area contributed by atoms with Gasteiger partial charge in [-0.05, 0) is 37.6 Å². The summed E-state index contributed by atoms with van der Waals surface area (Å²) in [6.07, 6.45) is 2.77. The molecule has 0 aliphatic carbocycles. The molecule has 0 spiro atoms. The van der Waals surface area contributed by atoms with Crippen molar-refractivity contribution in [1.82, 2.24) is 15.6 Å². The summed E-state index contributed by atoms with van der Waals surface area (Å²) in [6, 6.07) is 12.2. The van der Waals surface area contributed by atoms with Crippen molar-refractivity contribution < 1.29 is 4.74 Å². The third kappa shape index (κ3) is 5.26. The first-order valence-corrected chi connectivity index (χ1v) is 9.60. The lowest BCUT2D eigenvalue weighted by Crippen LogP contribution is -2.44. The fraction of sp³-hybridized carbons (Fsp3) is 0.400. The maximum atomic E-state index is 6.12. The Balaban J connectivity index is 1.62. The predicted octanol–water partition coefficient (Wildman–Crippen LogP) is 3.08. The number of hydrogen-bond acceptors (Lipinski definition) is 4. The van der Waals surface area contributed by atoms with Crippen LogP contribution in [0.2, 0.25) is 5.02 Å². The van der Waals surface area contributed by atoms with Gasteiger partial charge >= 0.3 is 0 Å². The number of rotatable bonds is 6. The van der Waals surface area contributed by atoms with Gasteiger partial charge < -0.3 is 20.3 Å². The fourth-order valence-corrected chi connectivity index (χ4v) is 3.38. The molecule has 2 heterocycles. The standard InChI is InChI=1S/C20H26ClN5O/c1-3-22-20(24-13-15-6-5-10-23-19(15)27-2)25-17-9-11-26(14-17)18-8-4-7-16(21)12-18/h4-8,10,12,17H,3,9,11,13-14H2,1-2H3,(H2,22,24,25). The van der Waals surface area contributed by atoms with Crippen molar-refractivity contribution in [2.75, 3.05) is 31.6 Å². The maximum absolute atomic E-state index is 6.12. The van der Waals surface area contributed by atoms with Crippen LogP contribution in [0.3, 0.4) is 0 Å². The van der Waals surface area contributed by atoms with E-state index in [-0.39, 0.29) is 0 Å². The van der Waals surface area contributed by atoms with E-state index < -0.39 is 0 Å². The molecule has 3 rings (SSSR count). The summed E-state index contributed by atoms with van der Waals surface area (Å²) >= 11 is 6.12. The third-order valence-electron chi connectivity index (χ3n) is 4.50. The number of guanidine groups is 1. The number of halogens is 1. The van der Waals surface area contributed by atoms with Crippen LogP contribution < -0.4 is 20.3 Å². The van der Waals surface area contributed by atoms with Gasteiger partial charge in [-0.1, -0.05) is 23.7 Å². The highest BCUT2D eigenvalue weighted by Crippen LogP contribution is 2.23. The summed E-state index contributed by atoms with van der Waals surface area (Å²) in [5, 5.41) is 7.63. The number of nitrogens with zero attached hydrogens (tertiary/aromatic N) is 3. The molecule has 1 unspecified atom stereocenters. The van der Waals surface area contributed by atoms with E-state index in [4.69, 9.17) is 21.3 Å². The van der Waals surface area contributed by atoms with Crippen LogP contribution in [0, 0.1) is 0 Å². The SMILES string of the molecule is CCNC(=NCc1cccnc1OC)NC1CCN(c2cccc(Cl)c2)C1. The normalized spacial score (nSPS) is 17.1. The van der Waals surface area contributed by atoms with E-state index in [2.05, 4.69) is 33.5 Å². The van der Waals surface area contributed by atoms with E-state index in [0.717, 1.165) is 48.3 Å². The first-order chi connectivity index (χ1) is 13.2. The van der Waals surface area contributed by atoms with Gasteiger partial charge in [-0.3, -0.25) is 0 Å². The molecular formula is C20H26ClN5O. The molecule has 1 saturated heterocycles. The molecule has 144 valence electrons. The number of benzene rings is 1. The second kappa shape index (κ2) is 9.46. The molecule has 7 heteroatoms. The zero-order chi connectivity index (χ0) is 19.1. The monoisotopic (exact) mass is 387 g/mol. The number of methoxy groups -OCH3 is 1. The molecule has 0 bridgehead atoms. The molecule has 1 fully saturated rings. The summed E-state index contributed by atoms with van der Waals surface area (Å²) < 4.78 is 5.31. The summed E-state index contributed by atoms with van der Waals surface area (Å²) in [5.41, 5.74) is 2.12. The highest BCUT2D eigenvalue weighted by atomic mass is 35.5. The first-order valence-electron chi connectivity index (χ1n) is 9.23. The van der Waals surface area contributed by atoms with Gasteiger partial charge in [0.15, 0.2) is 5.96 Å². The summed E-state index contributed by atoms with van der Waals surface area (Å²) in [6.45, 7) is 5.29. The number of nitrogens with one attached hydrogen (secondary N) is 2. The van der Waals surface area contributed by atoms with Crippen LogP contribution >= 0.6 is 11.6 Å². The number of hydrogen-bond donors (Lipinski definition) is 2. The molecule has 6 nitrogen and oxygen atoms in total. The molecule has 27 heavy (non-hydrogen) atoms. The number of aromatic nitrogens is 1. The molecule has 0 radical (unpaired) electrons. The second-order valence-corrected chi connectivity index (χ2v) is 6.86. The molecule has 1 aromatic heterocycles. The zero-order valence-corrected chi connectivity index (χ0v) is 16.5. The Bertz CT molecular complexity index is 782. The number of ether oxygens (including phenoxy) is 1. The van der Waals surface area contributed by atoms with E-state index in [9.17, 15) is 0 Å². The van der Waals surface area contributed by atoms with Gasteiger partial charge in [-0.15, -0.1) is 0 Å². The van der Waals surface area contributed by atoms with Crippen LogP contribution in [0.1, 0.15) is 18.9 Å². The second-order valence-electron chi connectivity index (χ2n) is 6.42. The highest BCUT2D eigenvalue weighted by Gasteiger charge is 2.23. The average molecular weight is 388 g/mol. The van der Waals surface area contributed by atoms with Crippen LogP contribution in [0.25, 0.3) is 0 Å². The maximum Gasteiger partial charge on any atom is 0.218 e. The van der Waals surface area contributed by atoms with E-state index in [0.29, 0.717) is 18.5 Å². The van der Waals surface area contributed by atoms with Crippen molar-refractivity contribution in [3.63, 3.8) is 0 Å². The lowest BCUT2D eigenvalue weighted by Gasteiger charge is -2.20. The molecule has 1 aliphatic heterocycles. The Morgan fingerprint density at radius 1 is 1.37 bits per heavy atom. The molecule has 1 aliphatic rings. The van der Waals surface area contributed by atoms with Crippen LogP contribution in [0.15, 0.2) is 47.6 Å². The zero-order valence-electron chi connectivity index (χ0n) is 15.8. The van der Waals surface area contributed by atoms with Crippen molar-refractivity contribution in [2.24, 2.45) is 4.99 Å². The average Bonchev–Trinajstić information content (AvgIpc) is 3.15. The van der Waals surface area contributed by atoms with Gasteiger partial charge in [-0.2, -0.15) is 0 Å². The van der Waals surface area contributed by atoms with Crippen molar-refractivity contribution in [3.8, 4) is 5.88 Å². The summed E-state index contributed by atoms with van der Waals surface area (Å²) in [4.78, 5) is 11.3. The predicted molar refractivity (Wildman–Crippen MR) is 111 cm³/mol. The van der Waals surface area contributed by atoms with Gasteiger partial charge in [0.25, 0.3) is 0 Å². The highest BCUT2D eigenvalue weighted by molar-refractivity contribution is 6.30. The number of anilines is 1. The summed E-state index contributed by atoms with van der Waals surface area (Å²) in [5.74, 6) is 1.42. The van der Waals surface area contributed by atoms with Gasteiger partial charge in [-0.25, -0.2) is 9.98 Å². The van der Waals surface area contributed by atoms with Crippen LogP contribution in [-0.4, -0.2) is 43.7 Å². The summed E-state index contributed by atoms with van der Waals surface area (Å²) in [7, 11) is 1.63. The molecule has 0 saturated carbocycles. The van der Waals surface area contributed by atoms with Gasteiger partial charge in [0.1, 0.15) is 0 Å². The molecule has 1 aromatic carbocycles. The Kier molecular flexibility index (Phi) is 6.76. The molecule has 2 N–H and O–H groups in total. The lowest BCUT2D eigenvalue weighted by molar-refractivity contribution is 0.392. The van der Waals surface area contributed by atoms with E-state index >= 15 is 0 Å². The van der Waals surface area contributed by atoms with E-state index in [1.807, 2.05) is 30.3 Å². The third-order valence-corrected chi connectivity index (χ3v) is 4.73. The van der Waals surface area contributed by atoms with Crippen molar-refractivity contribution >= 4 is 23.2 Å². The Morgan fingerprint density at radius 3 is 3.04 bits per heavy atom. The number of pyridine rings is 1.